The molecule has 3 rings (SSSR count). The molecule has 3 heterocycles. The fourth-order valence-electron chi connectivity index (χ4n) is 2.93. The molecule has 0 amide bonds. The van der Waals surface area contributed by atoms with Gasteiger partial charge in [-0.15, -0.1) is 22.7 Å². The van der Waals surface area contributed by atoms with Crippen LogP contribution in [-0.4, -0.2) is 67.6 Å². The lowest BCUT2D eigenvalue weighted by molar-refractivity contribution is 0.173. The van der Waals surface area contributed by atoms with E-state index in [-0.39, 0.29) is 0 Å². The van der Waals surface area contributed by atoms with Crippen molar-refractivity contribution < 1.29 is 0 Å². The number of piperazine rings is 1. The summed E-state index contributed by atoms with van der Waals surface area (Å²) in [6.07, 6.45) is 0. The van der Waals surface area contributed by atoms with Crippen molar-refractivity contribution in [2.75, 3.05) is 51.7 Å². The number of nitrogens with zero attached hydrogens (tertiary/aromatic N) is 5. The Morgan fingerprint density at radius 2 is 2.07 bits per heavy atom. The highest BCUT2D eigenvalue weighted by Gasteiger charge is 2.20. The van der Waals surface area contributed by atoms with Gasteiger partial charge in [0.2, 0.25) is 0 Å². The molecule has 1 aliphatic heterocycles. The number of rotatable bonds is 6. The highest BCUT2D eigenvalue weighted by molar-refractivity contribution is 7.16. The van der Waals surface area contributed by atoms with Crippen LogP contribution in [0.15, 0.2) is 22.5 Å². The Bertz CT molecular complexity index is 749. The molecule has 1 saturated heterocycles. The van der Waals surface area contributed by atoms with E-state index in [9.17, 15) is 0 Å². The molecule has 0 unspecified atom stereocenters. The lowest BCUT2D eigenvalue weighted by Gasteiger charge is -2.36. The van der Waals surface area contributed by atoms with E-state index < -0.39 is 0 Å². The molecule has 148 valence electrons. The first-order valence-corrected chi connectivity index (χ1v) is 11.2. The van der Waals surface area contributed by atoms with Crippen LogP contribution in [0.4, 0.5) is 5.13 Å². The Labute approximate surface area is 174 Å². The van der Waals surface area contributed by atoms with Crippen LogP contribution in [0, 0.1) is 0 Å². The minimum Gasteiger partial charge on any atom is -0.357 e. The number of hydrogen-bond donors (Lipinski definition) is 1. The smallest absolute Gasteiger partial charge is 0.194 e. The largest absolute Gasteiger partial charge is 0.357 e. The first-order valence-electron chi connectivity index (χ1n) is 9.16. The van der Waals surface area contributed by atoms with Crippen LogP contribution in [-0.2, 0) is 13.1 Å². The van der Waals surface area contributed by atoms with Gasteiger partial charge in [0, 0.05) is 63.6 Å². The van der Waals surface area contributed by atoms with Crippen LogP contribution in [0.1, 0.15) is 17.5 Å². The second-order valence-electron chi connectivity index (χ2n) is 6.66. The summed E-state index contributed by atoms with van der Waals surface area (Å²) in [5.41, 5.74) is 1.02. The summed E-state index contributed by atoms with van der Waals surface area (Å²) in [4.78, 5) is 17.6. The van der Waals surface area contributed by atoms with Gasteiger partial charge in [-0.05, 0) is 19.1 Å². The SMILES string of the molecule is CCNC(=NCc1csc(N(C)C)n1)N1CCN(Cc2ccc(Cl)s2)CC1. The maximum atomic E-state index is 6.04. The summed E-state index contributed by atoms with van der Waals surface area (Å²) in [7, 11) is 4.03. The number of aliphatic imine (C=N–C) groups is 1. The van der Waals surface area contributed by atoms with Gasteiger partial charge in [0.25, 0.3) is 0 Å². The molecule has 1 aliphatic rings. The van der Waals surface area contributed by atoms with Crippen molar-refractivity contribution in [3.8, 4) is 0 Å². The van der Waals surface area contributed by atoms with Crippen LogP contribution in [0.25, 0.3) is 0 Å². The molecule has 27 heavy (non-hydrogen) atoms. The molecule has 0 bridgehead atoms. The number of hydrogen-bond acceptors (Lipinski definition) is 6. The number of nitrogens with one attached hydrogen (secondary N) is 1. The molecule has 0 atom stereocenters. The second-order valence-corrected chi connectivity index (χ2v) is 9.29. The predicted molar refractivity (Wildman–Crippen MR) is 117 cm³/mol. The van der Waals surface area contributed by atoms with Gasteiger partial charge >= 0.3 is 0 Å². The highest BCUT2D eigenvalue weighted by atomic mass is 35.5. The number of thiazole rings is 1. The Morgan fingerprint density at radius 1 is 1.30 bits per heavy atom. The maximum Gasteiger partial charge on any atom is 0.194 e. The molecule has 0 saturated carbocycles. The Morgan fingerprint density at radius 3 is 2.67 bits per heavy atom. The Balaban J connectivity index is 1.55. The molecule has 0 spiro atoms. The van der Waals surface area contributed by atoms with Gasteiger partial charge in [0.1, 0.15) is 0 Å². The maximum absolute atomic E-state index is 6.04. The van der Waals surface area contributed by atoms with E-state index in [4.69, 9.17) is 16.6 Å². The minimum atomic E-state index is 0.612. The Hall–Kier alpha value is -1.35. The average molecular weight is 427 g/mol. The van der Waals surface area contributed by atoms with E-state index in [1.54, 1.807) is 22.7 Å². The third-order valence-electron chi connectivity index (χ3n) is 4.33. The first kappa shape index (κ1) is 20.4. The highest BCUT2D eigenvalue weighted by Crippen LogP contribution is 2.23. The van der Waals surface area contributed by atoms with E-state index in [0.717, 1.165) is 60.4 Å². The molecule has 0 aromatic carbocycles. The lowest BCUT2D eigenvalue weighted by Crippen LogP contribution is -2.52. The van der Waals surface area contributed by atoms with Crippen molar-refractivity contribution in [1.29, 1.82) is 0 Å². The fraction of sp³-hybridized carbons (Fsp3) is 0.556. The van der Waals surface area contributed by atoms with Crippen molar-refractivity contribution in [3.63, 3.8) is 0 Å². The molecule has 1 N–H and O–H groups in total. The third kappa shape index (κ3) is 5.81. The summed E-state index contributed by atoms with van der Waals surface area (Å²) < 4.78 is 0.865. The number of anilines is 1. The van der Waals surface area contributed by atoms with Crippen molar-refractivity contribution in [1.82, 2.24) is 20.1 Å². The van der Waals surface area contributed by atoms with Crippen LogP contribution in [0.3, 0.4) is 0 Å². The normalized spacial score (nSPS) is 16.0. The van der Waals surface area contributed by atoms with Crippen molar-refractivity contribution in [2.24, 2.45) is 4.99 Å². The zero-order valence-corrected chi connectivity index (χ0v) is 18.5. The standard InChI is InChI=1S/C18H27ClN6S2/c1-4-20-17(21-11-14-13-26-18(22-14)23(2)3)25-9-7-24(8-10-25)12-15-5-6-16(19)27-15/h5-6,13H,4,7-12H2,1-3H3,(H,20,21). The topological polar surface area (TPSA) is 47.0 Å². The van der Waals surface area contributed by atoms with Crippen LogP contribution < -0.4 is 10.2 Å². The summed E-state index contributed by atoms with van der Waals surface area (Å²) in [5, 5.41) is 6.54. The minimum absolute atomic E-state index is 0.612. The summed E-state index contributed by atoms with van der Waals surface area (Å²) in [6.45, 7) is 8.58. The van der Waals surface area contributed by atoms with Crippen LogP contribution in [0.5, 0.6) is 0 Å². The molecule has 0 aliphatic carbocycles. The zero-order valence-electron chi connectivity index (χ0n) is 16.1. The zero-order chi connectivity index (χ0) is 19.2. The molecule has 1 fully saturated rings. The van der Waals surface area contributed by atoms with Gasteiger partial charge in [0.15, 0.2) is 11.1 Å². The van der Waals surface area contributed by atoms with E-state index in [0.29, 0.717) is 6.54 Å². The van der Waals surface area contributed by atoms with Gasteiger partial charge < -0.3 is 15.1 Å². The molecule has 2 aromatic rings. The third-order valence-corrected chi connectivity index (χ3v) is 6.60. The van der Waals surface area contributed by atoms with Gasteiger partial charge in [-0.1, -0.05) is 11.6 Å². The van der Waals surface area contributed by atoms with Gasteiger partial charge in [-0.2, -0.15) is 0 Å². The number of thiophene rings is 1. The molecular weight excluding hydrogens is 400 g/mol. The molecule has 2 aromatic heterocycles. The van der Waals surface area contributed by atoms with E-state index in [1.807, 2.05) is 25.1 Å². The number of halogens is 1. The van der Waals surface area contributed by atoms with Gasteiger partial charge in [-0.3, -0.25) is 4.90 Å². The van der Waals surface area contributed by atoms with Crippen molar-refractivity contribution >= 4 is 45.4 Å². The monoisotopic (exact) mass is 426 g/mol. The fourth-order valence-corrected chi connectivity index (χ4v) is 4.81. The van der Waals surface area contributed by atoms with Crippen molar-refractivity contribution in [3.05, 3.63) is 32.4 Å². The quantitative estimate of drug-likeness (QED) is 0.567. The first-order chi connectivity index (χ1) is 13.0. The summed E-state index contributed by atoms with van der Waals surface area (Å²) in [5.74, 6) is 0.982. The van der Waals surface area contributed by atoms with Crippen LogP contribution >= 0.6 is 34.3 Å². The number of guanidine groups is 1. The van der Waals surface area contributed by atoms with E-state index in [1.165, 1.54) is 4.88 Å². The summed E-state index contributed by atoms with van der Waals surface area (Å²) in [6, 6.07) is 4.11. The Kier molecular flexibility index (Phi) is 7.34. The predicted octanol–water partition coefficient (Wildman–Crippen LogP) is 3.21. The molecular formula is C18H27ClN6S2. The summed E-state index contributed by atoms with van der Waals surface area (Å²) >= 11 is 9.37. The van der Waals surface area contributed by atoms with Crippen molar-refractivity contribution in [2.45, 2.75) is 20.0 Å². The molecule has 6 nitrogen and oxygen atoms in total. The number of aromatic nitrogens is 1. The van der Waals surface area contributed by atoms with Gasteiger partial charge in [0.05, 0.1) is 16.6 Å². The molecule has 9 heteroatoms. The van der Waals surface area contributed by atoms with E-state index in [2.05, 4.69) is 38.5 Å². The second kappa shape index (κ2) is 9.73. The molecule has 0 radical (unpaired) electrons. The lowest BCUT2D eigenvalue weighted by atomic mass is 10.3. The van der Waals surface area contributed by atoms with Gasteiger partial charge in [-0.25, -0.2) is 9.98 Å². The van der Waals surface area contributed by atoms with Crippen LogP contribution in [0.2, 0.25) is 4.34 Å². The van der Waals surface area contributed by atoms with E-state index >= 15 is 0 Å². The average Bonchev–Trinajstić information content (AvgIpc) is 3.28.